The third kappa shape index (κ3) is 9.46. The molecule has 3 heterocycles. The quantitative estimate of drug-likeness (QED) is 0.292. The predicted octanol–water partition coefficient (Wildman–Crippen LogP) is 3.29. The molecule has 0 unspecified atom stereocenters. The van der Waals surface area contributed by atoms with Crippen LogP contribution in [-0.4, -0.2) is 108 Å². The molecule has 0 radical (unpaired) electrons. The highest BCUT2D eigenvalue weighted by molar-refractivity contribution is 6.38. The van der Waals surface area contributed by atoms with Gasteiger partial charge in [0.25, 0.3) is 5.91 Å². The van der Waals surface area contributed by atoms with Crippen molar-refractivity contribution in [2.24, 2.45) is 28.1 Å². The summed E-state index contributed by atoms with van der Waals surface area (Å²) in [5, 5.41) is 11.7. The summed E-state index contributed by atoms with van der Waals surface area (Å²) in [5.74, 6) is -2.18. The molecule has 0 aromatic rings. The van der Waals surface area contributed by atoms with Crippen LogP contribution in [0.4, 0.5) is 4.79 Å². The molecule has 52 heavy (non-hydrogen) atoms. The number of amides is 6. The molecule has 5 fully saturated rings. The van der Waals surface area contributed by atoms with Crippen LogP contribution in [0.2, 0.25) is 0 Å². The van der Waals surface area contributed by atoms with Crippen LogP contribution in [0.25, 0.3) is 0 Å². The number of nitrogens with one attached hydrogen (secondary N) is 4. The van der Waals surface area contributed by atoms with Crippen molar-refractivity contribution in [2.45, 2.75) is 156 Å². The number of nitrogens with zero attached hydrogens (tertiary/aromatic N) is 2. The summed E-state index contributed by atoms with van der Waals surface area (Å²) < 4.78 is 6.19. The Kier molecular flexibility index (Phi) is 12.0. The number of urea groups is 1. The van der Waals surface area contributed by atoms with Crippen LogP contribution >= 0.6 is 0 Å². The van der Waals surface area contributed by atoms with Gasteiger partial charge in [-0.05, 0) is 67.1 Å². The first-order valence-electron chi connectivity index (χ1n) is 19.7. The number of carbonyl (C=O) groups is 6. The van der Waals surface area contributed by atoms with Crippen molar-refractivity contribution in [1.82, 2.24) is 31.1 Å². The van der Waals surface area contributed by atoms with E-state index in [4.69, 9.17) is 4.74 Å². The zero-order valence-corrected chi connectivity index (χ0v) is 32.8. The number of hydrogen-bond donors (Lipinski definition) is 4. The summed E-state index contributed by atoms with van der Waals surface area (Å²) >= 11 is 0. The Morgan fingerprint density at radius 1 is 0.962 bits per heavy atom. The first-order chi connectivity index (χ1) is 24.3. The van der Waals surface area contributed by atoms with E-state index in [-0.39, 0.29) is 34.6 Å². The van der Waals surface area contributed by atoms with Crippen LogP contribution in [0.3, 0.4) is 0 Å². The molecule has 2 saturated carbocycles. The van der Waals surface area contributed by atoms with Crippen molar-refractivity contribution in [3.8, 4) is 0 Å². The number of carbonyl (C=O) groups excluding carboxylic acids is 6. The lowest BCUT2D eigenvalue weighted by atomic mass is 9.81. The number of hydrogen-bond acceptors (Lipinski definition) is 7. The normalized spacial score (nSPS) is 31.8. The zero-order chi connectivity index (χ0) is 38.2. The minimum Gasteiger partial charge on any atom is -0.376 e. The molecular formula is C39H64N6O7. The molecule has 3 saturated heterocycles. The maximum absolute atomic E-state index is 14.6. The Bertz CT molecular complexity index is 1390. The number of likely N-dealkylation sites (tertiary alicyclic amines) is 1. The second-order valence-corrected chi connectivity index (χ2v) is 18.6. The largest absolute Gasteiger partial charge is 0.376 e. The Morgan fingerprint density at radius 2 is 1.63 bits per heavy atom. The number of Topliss-reactive ketones (excluding diaryl/α,β-unsaturated/α-hetero) is 1. The van der Waals surface area contributed by atoms with Gasteiger partial charge in [0, 0.05) is 38.7 Å². The Balaban J connectivity index is 1.35. The second kappa shape index (κ2) is 15.6. The van der Waals surface area contributed by atoms with Crippen molar-refractivity contribution >= 4 is 35.4 Å². The lowest BCUT2D eigenvalue weighted by Crippen LogP contribution is -2.63. The van der Waals surface area contributed by atoms with Crippen molar-refractivity contribution in [3.05, 3.63) is 0 Å². The average molecular weight is 729 g/mol. The van der Waals surface area contributed by atoms with Gasteiger partial charge in [-0.2, -0.15) is 0 Å². The fourth-order valence-electron chi connectivity index (χ4n) is 8.35. The molecule has 13 heteroatoms. The van der Waals surface area contributed by atoms with Crippen LogP contribution in [0.1, 0.15) is 120 Å². The molecule has 3 aliphatic heterocycles. The van der Waals surface area contributed by atoms with Gasteiger partial charge < -0.3 is 35.8 Å². The number of fused-ring (bicyclic) bond motifs is 3. The summed E-state index contributed by atoms with van der Waals surface area (Å²) in [6.07, 6.45) is 6.70. The van der Waals surface area contributed by atoms with Gasteiger partial charge in [-0.15, -0.1) is 0 Å². The molecule has 2 aliphatic carbocycles. The van der Waals surface area contributed by atoms with Gasteiger partial charge in [-0.1, -0.05) is 74.1 Å². The summed E-state index contributed by atoms with van der Waals surface area (Å²) in [5.41, 5.74) is -0.644. The van der Waals surface area contributed by atoms with Crippen molar-refractivity contribution in [1.29, 1.82) is 0 Å². The molecule has 4 N–H and O–H groups in total. The third-order valence-electron chi connectivity index (χ3n) is 12.4. The standard InChI is InChI=1S/C39H64N6O7/c1-23-30(43-36(51)42-27(37(2,3)4)22-44-18-17-38(5,6)20-28(44)46)35(50)45-21-25-29(39(25,7)8)31(45)33(48)41-26(14-12-10-9-11-13-19-52-23)32(47)34(49)40-24-15-16-24/h23-27,29-31H,9-22H2,1-8H3,(H,40,49)(H,41,48)(H2,42,43,51)/t23-,25-,26-,27+,29-,30-,31-/m0/s1. The zero-order valence-electron chi connectivity index (χ0n) is 32.8. The van der Waals surface area contributed by atoms with E-state index in [1.165, 1.54) is 0 Å². The van der Waals surface area contributed by atoms with Crippen LogP contribution < -0.4 is 21.3 Å². The van der Waals surface area contributed by atoms with Crippen molar-refractivity contribution in [2.75, 3.05) is 26.2 Å². The van der Waals surface area contributed by atoms with E-state index >= 15 is 0 Å². The van der Waals surface area contributed by atoms with Gasteiger partial charge in [0.2, 0.25) is 23.5 Å². The highest BCUT2D eigenvalue weighted by atomic mass is 16.5. The SMILES string of the molecule is C[C@@H]1OCCCCCCC[C@@H](C(=O)C(=O)NC2CC2)NC(=O)[C@@H]2[C@@H]3[C@H](CN2C(=O)[C@H]1NC(=O)N[C@H](CN1CCC(C)(C)CC1=O)C(C)(C)C)C3(C)C. The Morgan fingerprint density at radius 3 is 2.29 bits per heavy atom. The molecule has 292 valence electrons. The molecule has 7 atom stereocenters. The van der Waals surface area contributed by atoms with Gasteiger partial charge in [0.15, 0.2) is 0 Å². The molecule has 0 spiro atoms. The molecule has 0 bridgehead atoms. The van der Waals surface area contributed by atoms with E-state index in [0.717, 1.165) is 44.9 Å². The lowest BCUT2D eigenvalue weighted by Gasteiger charge is -2.41. The molecule has 6 amide bonds. The number of piperidine rings is 2. The fraction of sp³-hybridized carbons (Fsp3) is 0.846. The minimum absolute atomic E-state index is 0.0125. The molecule has 0 aromatic heterocycles. The molecular weight excluding hydrogens is 664 g/mol. The fourth-order valence-corrected chi connectivity index (χ4v) is 8.35. The molecule has 5 rings (SSSR count). The highest BCUT2D eigenvalue weighted by Gasteiger charge is 2.69. The van der Waals surface area contributed by atoms with E-state index in [9.17, 15) is 28.8 Å². The minimum atomic E-state index is -1.09. The topological polar surface area (TPSA) is 166 Å². The molecule has 0 aromatic carbocycles. The van der Waals surface area contributed by atoms with Gasteiger partial charge in [-0.25, -0.2) is 4.79 Å². The van der Waals surface area contributed by atoms with Gasteiger partial charge in [-0.3, -0.25) is 24.0 Å². The van der Waals surface area contributed by atoms with E-state index in [0.29, 0.717) is 45.5 Å². The summed E-state index contributed by atoms with van der Waals surface area (Å²) in [4.78, 5) is 85.2. The van der Waals surface area contributed by atoms with Gasteiger partial charge >= 0.3 is 6.03 Å². The van der Waals surface area contributed by atoms with E-state index < -0.39 is 65.2 Å². The Hall–Kier alpha value is -3.22. The third-order valence-corrected chi connectivity index (χ3v) is 12.4. The predicted molar refractivity (Wildman–Crippen MR) is 196 cm³/mol. The summed E-state index contributed by atoms with van der Waals surface area (Å²) in [6.45, 7) is 17.8. The molecule has 5 aliphatic rings. The van der Waals surface area contributed by atoms with Crippen LogP contribution in [0.5, 0.6) is 0 Å². The van der Waals surface area contributed by atoms with Gasteiger partial charge in [0.05, 0.1) is 18.2 Å². The van der Waals surface area contributed by atoms with Crippen LogP contribution in [0.15, 0.2) is 0 Å². The summed E-state index contributed by atoms with van der Waals surface area (Å²) in [7, 11) is 0. The van der Waals surface area contributed by atoms with E-state index in [1.54, 1.807) is 11.8 Å². The van der Waals surface area contributed by atoms with E-state index in [2.05, 4.69) is 49.0 Å². The number of ketones is 1. The summed E-state index contributed by atoms with van der Waals surface area (Å²) in [6, 6.07) is -3.88. The van der Waals surface area contributed by atoms with Gasteiger partial charge in [0.1, 0.15) is 12.1 Å². The Labute approximate surface area is 309 Å². The average Bonchev–Trinajstić information content (AvgIpc) is 3.90. The van der Waals surface area contributed by atoms with E-state index in [1.807, 2.05) is 25.7 Å². The lowest BCUT2D eigenvalue weighted by molar-refractivity contribution is -0.146. The maximum Gasteiger partial charge on any atom is 0.315 e. The first-order valence-corrected chi connectivity index (χ1v) is 19.7. The first kappa shape index (κ1) is 40.0. The van der Waals surface area contributed by atoms with Crippen LogP contribution in [0, 0.1) is 28.1 Å². The van der Waals surface area contributed by atoms with Crippen molar-refractivity contribution < 1.29 is 33.5 Å². The number of rotatable bonds is 7. The monoisotopic (exact) mass is 728 g/mol. The molecule has 13 nitrogen and oxygen atoms in total. The maximum atomic E-state index is 14.6. The number of ether oxygens (including phenoxy) is 1. The van der Waals surface area contributed by atoms with Crippen LogP contribution in [-0.2, 0) is 28.7 Å². The smallest absolute Gasteiger partial charge is 0.315 e. The second-order valence-electron chi connectivity index (χ2n) is 18.6. The highest BCUT2D eigenvalue weighted by Crippen LogP contribution is 2.65. The van der Waals surface area contributed by atoms with Crippen molar-refractivity contribution in [3.63, 3.8) is 0 Å².